The van der Waals surface area contributed by atoms with Gasteiger partial charge in [0.2, 0.25) is 11.8 Å². The van der Waals surface area contributed by atoms with Gasteiger partial charge in [0.1, 0.15) is 30.9 Å². The highest BCUT2D eigenvalue weighted by molar-refractivity contribution is 5.96. The number of fused-ring (bicyclic) bond motifs is 3. The maximum Gasteiger partial charge on any atom is 0.249 e. The van der Waals surface area contributed by atoms with E-state index in [1.807, 2.05) is 0 Å². The largest absolute Gasteiger partial charge is 0.493 e. The molecule has 4 unspecified atom stereocenters. The summed E-state index contributed by atoms with van der Waals surface area (Å²) >= 11 is 0. The molecule has 0 radical (unpaired) electrons. The van der Waals surface area contributed by atoms with Crippen LogP contribution in [-0.2, 0) is 20.9 Å². The molecule has 2 aromatic rings. The molecule has 0 bridgehead atoms. The van der Waals surface area contributed by atoms with Crippen LogP contribution in [0.15, 0.2) is 48.0 Å². The Morgan fingerprint density at radius 2 is 1.97 bits per heavy atom. The lowest BCUT2D eigenvalue weighted by Gasteiger charge is -2.40. The Bertz CT molecular complexity index is 1250. The summed E-state index contributed by atoms with van der Waals surface area (Å²) in [4.78, 5) is 39.6. The Labute approximate surface area is 225 Å². The van der Waals surface area contributed by atoms with E-state index in [1.54, 1.807) is 13.0 Å². The number of aliphatic hydroxyl groups excluding tert-OH is 2. The first-order chi connectivity index (χ1) is 18.8. The maximum absolute atomic E-state index is 13.5. The lowest BCUT2D eigenvalue weighted by Crippen LogP contribution is -2.56. The molecule has 2 aromatic carbocycles. The molecule has 208 valence electrons. The highest BCUT2D eigenvalue weighted by Gasteiger charge is 2.51. The number of hydrogen-bond donors (Lipinski definition) is 3. The second-order valence-corrected chi connectivity index (χ2v) is 9.19. The van der Waals surface area contributed by atoms with Crippen LogP contribution < -0.4 is 14.8 Å². The maximum atomic E-state index is 13.5. The number of ether oxygens (including phenoxy) is 3. The fraction of sp³-hybridized carbons (Fsp3) is 0.393. The first-order valence-electron chi connectivity index (χ1n) is 12.6. The zero-order valence-electron chi connectivity index (χ0n) is 21.6. The summed E-state index contributed by atoms with van der Waals surface area (Å²) in [5.41, 5.74) is 1.57. The Kier molecular flexibility index (Phi) is 8.95. The van der Waals surface area contributed by atoms with Crippen LogP contribution in [0.2, 0.25) is 0 Å². The van der Waals surface area contributed by atoms with E-state index in [9.17, 15) is 29.0 Å². The van der Waals surface area contributed by atoms with Gasteiger partial charge in [0, 0.05) is 36.4 Å². The molecule has 0 aromatic heterocycles. The Balaban J connectivity index is 1.80. The normalized spacial score (nSPS) is 21.2. The third-order valence-corrected chi connectivity index (χ3v) is 6.79. The molecule has 0 spiro atoms. The van der Waals surface area contributed by atoms with Gasteiger partial charge >= 0.3 is 0 Å². The lowest BCUT2D eigenvalue weighted by molar-refractivity contribution is -0.142. The zero-order valence-corrected chi connectivity index (χ0v) is 21.6. The van der Waals surface area contributed by atoms with E-state index in [4.69, 9.17) is 14.2 Å². The molecule has 1 aliphatic carbocycles. The van der Waals surface area contributed by atoms with Crippen molar-refractivity contribution in [2.45, 2.75) is 37.6 Å². The van der Waals surface area contributed by atoms with Gasteiger partial charge in [-0.3, -0.25) is 14.4 Å². The van der Waals surface area contributed by atoms with Crippen molar-refractivity contribution in [3.8, 4) is 11.5 Å². The average Bonchev–Trinajstić information content (AvgIpc) is 3.34. The monoisotopic (exact) mass is 542 g/mol. The van der Waals surface area contributed by atoms with Gasteiger partial charge in [-0.15, -0.1) is 0 Å². The van der Waals surface area contributed by atoms with Gasteiger partial charge in [-0.25, -0.2) is 4.39 Å². The molecule has 4 rings (SSSR count). The summed E-state index contributed by atoms with van der Waals surface area (Å²) in [7, 11) is 1.41. The van der Waals surface area contributed by atoms with Gasteiger partial charge in [0.25, 0.3) is 0 Å². The molecule has 1 aliphatic heterocycles. The molecule has 2 amide bonds. The Morgan fingerprint density at radius 1 is 1.23 bits per heavy atom. The number of aliphatic hydroxyl groups is 2. The second-order valence-electron chi connectivity index (χ2n) is 9.19. The van der Waals surface area contributed by atoms with Crippen molar-refractivity contribution in [2.24, 2.45) is 0 Å². The minimum Gasteiger partial charge on any atom is -0.493 e. The standard InChI is InChI=1S/C28H31FN2O8/c1-3-38-15-23(34)31(13-16-4-6-18(29)7-5-16)21-12-20(28(36)30-8-9-32)24-19-10-17(14-33)11-22(37-2)26(19)39-27(24)25(21)35/h4-7,10-12,14,21,24-25,27,32,35H,3,8-9,13,15H2,1-2H3,(H,30,36). The van der Waals surface area contributed by atoms with Crippen LogP contribution in [-0.4, -0.2) is 84.9 Å². The molecule has 0 saturated carbocycles. The summed E-state index contributed by atoms with van der Waals surface area (Å²) in [5.74, 6) is -1.65. The minimum atomic E-state index is -1.30. The fourth-order valence-electron chi connectivity index (χ4n) is 4.98. The molecule has 0 fully saturated rings. The first-order valence-corrected chi connectivity index (χ1v) is 12.6. The van der Waals surface area contributed by atoms with Crippen LogP contribution >= 0.6 is 0 Å². The molecular formula is C28H31FN2O8. The second kappa shape index (κ2) is 12.4. The summed E-state index contributed by atoms with van der Waals surface area (Å²) in [6.45, 7) is 1.45. The number of carbonyl (C=O) groups excluding carboxylic acids is 3. The van der Waals surface area contributed by atoms with Crippen molar-refractivity contribution in [3.63, 3.8) is 0 Å². The Hall–Kier alpha value is -3.80. The summed E-state index contributed by atoms with van der Waals surface area (Å²) in [6, 6.07) is 7.64. The number of amides is 2. The lowest BCUT2D eigenvalue weighted by atomic mass is 9.77. The quantitative estimate of drug-likeness (QED) is 0.362. The number of rotatable bonds is 11. The van der Waals surface area contributed by atoms with Gasteiger partial charge in [-0.1, -0.05) is 12.1 Å². The number of benzene rings is 2. The van der Waals surface area contributed by atoms with E-state index in [0.717, 1.165) is 0 Å². The molecule has 0 saturated heterocycles. The molecule has 10 nitrogen and oxygen atoms in total. The van der Waals surface area contributed by atoms with Crippen molar-refractivity contribution in [1.82, 2.24) is 10.2 Å². The smallest absolute Gasteiger partial charge is 0.249 e. The van der Waals surface area contributed by atoms with E-state index < -0.39 is 41.8 Å². The van der Waals surface area contributed by atoms with Crippen LogP contribution in [0.5, 0.6) is 11.5 Å². The number of carbonyl (C=O) groups is 3. The van der Waals surface area contributed by atoms with Crippen LogP contribution in [0, 0.1) is 5.82 Å². The van der Waals surface area contributed by atoms with Crippen LogP contribution in [0.1, 0.15) is 34.3 Å². The van der Waals surface area contributed by atoms with Gasteiger partial charge in [-0.2, -0.15) is 0 Å². The average molecular weight is 543 g/mol. The SMILES string of the molecule is CCOCC(=O)N(Cc1ccc(F)cc1)C1C=C(C(=O)NCCO)C2c3cc(C=O)cc(OC)c3OC2C1O. The number of halogens is 1. The predicted molar refractivity (Wildman–Crippen MR) is 137 cm³/mol. The van der Waals surface area contributed by atoms with E-state index in [-0.39, 0.29) is 50.0 Å². The number of methoxy groups -OCH3 is 1. The van der Waals surface area contributed by atoms with E-state index in [2.05, 4.69) is 5.32 Å². The van der Waals surface area contributed by atoms with Crippen molar-refractivity contribution in [3.05, 3.63) is 70.6 Å². The third-order valence-electron chi connectivity index (χ3n) is 6.79. The third kappa shape index (κ3) is 5.80. The van der Waals surface area contributed by atoms with E-state index in [1.165, 1.54) is 48.4 Å². The zero-order chi connectivity index (χ0) is 28.1. The predicted octanol–water partition coefficient (Wildman–Crippen LogP) is 1.33. The summed E-state index contributed by atoms with van der Waals surface area (Å²) < 4.78 is 30.5. The van der Waals surface area contributed by atoms with Gasteiger partial charge < -0.3 is 34.6 Å². The van der Waals surface area contributed by atoms with Crippen LogP contribution in [0.25, 0.3) is 0 Å². The van der Waals surface area contributed by atoms with Gasteiger partial charge in [-0.05, 0) is 42.8 Å². The van der Waals surface area contributed by atoms with Crippen LogP contribution in [0.4, 0.5) is 4.39 Å². The van der Waals surface area contributed by atoms with Crippen LogP contribution in [0.3, 0.4) is 0 Å². The minimum absolute atomic E-state index is 0.00109. The molecule has 3 N–H and O–H groups in total. The fourth-order valence-corrected chi connectivity index (χ4v) is 4.98. The highest BCUT2D eigenvalue weighted by atomic mass is 19.1. The molecule has 4 atom stereocenters. The van der Waals surface area contributed by atoms with Gasteiger partial charge in [0.05, 0.1) is 25.7 Å². The summed E-state index contributed by atoms with van der Waals surface area (Å²) in [5, 5.41) is 23.5. The highest BCUT2D eigenvalue weighted by Crippen LogP contribution is 2.51. The number of hydrogen-bond acceptors (Lipinski definition) is 8. The van der Waals surface area contributed by atoms with E-state index in [0.29, 0.717) is 23.0 Å². The first kappa shape index (κ1) is 28.2. The molecule has 11 heteroatoms. The Morgan fingerprint density at radius 3 is 2.62 bits per heavy atom. The molecule has 39 heavy (non-hydrogen) atoms. The molecule has 1 heterocycles. The van der Waals surface area contributed by atoms with E-state index >= 15 is 0 Å². The van der Waals surface area contributed by atoms with Crippen molar-refractivity contribution in [1.29, 1.82) is 0 Å². The van der Waals surface area contributed by atoms with Crippen molar-refractivity contribution >= 4 is 18.1 Å². The number of nitrogens with one attached hydrogen (secondary N) is 1. The van der Waals surface area contributed by atoms with Crippen molar-refractivity contribution < 1.29 is 43.2 Å². The number of aldehydes is 1. The molecular weight excluding hydrogens is 511 g/mol. The number of nitrogens with zero attached hydrogens (tertiary/aromatic N) is 1. The summed E-state index contributed by atoms with van der Waals surface area (Å²) in [6.07, 6.45) is -0.155. The van der Waals surface area contributed by atoms with Crippen molar-refractivity contribution in [2.75, 3.05) is 33.5 Å². The topological polar surface area (TPSA) is 135 Å². The van der Waals surface area contributed by atoms with Gasteiger partial charge in [0.15, 0.2) is 11.5 Å². The molecule has 2 aliphatic rings.